The van der Waals surface area contributed by atoms with Gasteiger partial charge >= 0.3 is 0 Å². The van der Waals surface area contributed by atoms with Gasteiger partial charge in [-0.05, 0) is 57.1 Å². The van der Waals surface area contributed by atoms with Crippen LogP contribution in [0.2, 0.25) is 0 Å². The second-order valence-electron chi connectivity index (χ2n) is 6.13. The van der Waals surface area contributed by atoms with Gasteiger partial charge < -0.3 is 10.2 Å². The molecule has 0 amide bonds. The number of rotatable bonds is 2. The van der Waals surface area contributed by atoms with Gasteiger partial charge in [0.2, 0.25) is 0 Å². The van der Waals surface area contributed by atoms with E-state index < -0.39 is 0 Å². The van der Waals surface area contributed by atoms with E-state index in [4.69, 9.17) is 0 Å². The van der Waals surface area contributed by atoms with Crippen LogP contribution in [0, 0.1) is 0 Å². The third-order valence-corrected chi connectivity index (χ3v) is 6.08. The molecule has 3 aliphatic heterocycles. The summed E-state index contributed by atoms with van der Waals surface area (Å²) in [5.41, 5.74) is 0. The number of fused-ring (bicyclic) bond motifs is 2. The van der Waals surface area contributed by atoms with Crippen molar-refractivity contribution in [3.05, 3.63) is 0 Å². The van der Waals surface area contributed by atoms with E-state index in [2.05, 4.69) is 29.0 Å². The molecule has 2 bridgehead atoms. The summed E-state index contributed by atoms with van der Waals surface area (Å²) in [5.74, 6) is 2.74. The first-order valence-corrected chi connectivity index (χ1v) is 8.54. The summed E-state index contributed by atoms with van der Waals surface area (Å²) in [6.45, 7) is 0. The minimum absolute atomic E-state index is 0.814. The molecule has 0 saturated carbocycles. The fraction of sp³-hybridized carbons (Fsp3) is 1.00. The van der Waals surface area contributed by atoms with Crippen molar-refractivity contribution < 1.29 is 0 Å². The van der Waals surface area contributed by atoms with Gasteiger partial charge in [-0.15, -0.1) is 0 Å². The average Bonchev–Trinajstić information content (AvgIpc) is 2.32. The van der Waals surface area contributed by atoms with Crippen LogP contribution in [0.1, 0.15) is 44.9 Å². The summed E-state index contributed by atoms with van der Waals surface area (Å²) in [6.07, 6.45) is 9.93. The number of piperidine rings is 2. The first-order valence-electron chi connectivity index (χ1n) is 7.38. The summed E-state index contributed by atoms with van der Waals surface area (Å²) in [7, 11) is 2.35. The van der Waals surface area contributed by atoms with Gasteiger partial charge in [0, 0.05) is 24.2 Å². The van der Waals surface area contributed by atoms with Crippen LogP contribution >= 0.6 is 11.8 Å². The van der Waals surface area contributed by atoms with E-state index in [0.29, 0.717) is 0 Å². The Bertz CT molecular complexity index is 239. The molecular formula is C14H26N2S. The van der Waals surface area contributed by atoms with Crippen molar-refractivity contribution in [2.45, 2.75) is 69.1 Å². The van der Waals surface area contributed by atoms with E-state index in [1.165, 1.54) is 56.5 Å². The smallest absolute Gasteiger partial charge is 0.0110 e. The average molecular weight is 254 g/mol. The minimum atomic E-state index is 0.814. The number of thioether (sulfide) groups is 1. The highest BCUT2D eigenvalue weighted by molar-refractivity contribution is 7.99. The molecule has 3 fully saturated rings. The monoisotopic (exact) mass is 254 g/mol. The van der Waals surface area contributed by atoms with E-state index in [-0.39, 0.29) is 0 Å². The first kappa shape index (κ1) is 12.3. The third-order valence-electron chi connectivity index (χ3n) is 5.03. The van der Waals surface area contributed by atoms with Gasteiger partial charge in [-0.25, -0.2) is 0 Å². The lowest BCUT2D eigenvalue weighted by Crippen LogP contribution is -2.56. The lowest BCUT2D eigenvalue weighted by atomic mass is 9.82. The fourth-order valence-electron chi connectivity index (χ4n) is 3.95. The Hall–Kier alpha value is 0.270. The lowest BCUT2D eigenvalue weighted by molar-refractivity contribution is 0.0455. The van der Waals surface area contributed by atoms with Gasteiger partial charge in [0.15, 0.2) is 0 Å². The van der Waals surface area contributed by atoms with Crippen LogP contribution < -0.4 is 5.32 Å². The molecule has 0 aromatic heterocycles. The van der Waals surface area contributed by atoms with E-state index in [0.717, 1.165) is 24.2 Å². The second kappa shape index (κ2) is 5.50. The van der Waals surface area contributed by atoms with Gasteiger partial charge in [-0.2, -0.15) is 11.8 Å². The molecule has 0 aliphatic carbocycles. The molecule has 0 aromatic rings. The fourth-order valence-corrected chi connectivity index (χ4v) is 5.06. The van der Waals surface area contributed by atoms with Gasteiger partial charge in [-0.3, -0.25) is 0 Å². The van der Waals surface area contributed by atoms with E-state index >= 15 is 0 Å². The maximum absolute atomic E-state index is 3.97. The van der Waals surface area contributed by atoms with Crippen LogP contribution in [0.25, 0.3) is 0 Å². The molecule has 98 valence electrons. The quantitative estimate of drug-likeness (QED) is 0.815. The number of nitrogens with zero attached hydrogens (tertiary/aromatic N) is 1. The predicted molar refractivity (Wildman–Crippen MR) is 75.7 cm³/mol. The van der Waals surface area contributed by atoms with E-state index in [1.54, 1.807) is 0 Å². The molecule has 0 aromatic carbocycles. The van der Waals surface area contributed by atoms with Crippen LogP contribution in [0.15, 0.2) is 0 Å². The van der Waals surface area contributed by atoms with Crippen LogP contribution in [0.3, 0.4) is 0 Å². The lowest BCUT2D eigenvalue weighted by Gasteiger charge is -2.48. The predicted octanol–water partition coefficient (Wildman–Crippen LogP) is 2.49. The van der Waals surface area contributed by atoms with Crippen molar-refractivity contribution in [1.29, 1.82) is 0 Å². The van der Waals surface area contributed by atoms with E-state index in [9.17, 15) is 0 Å². The van der Waals surface area contributed by atoms with Crippen LogP contribution in [0.5, 0.6) is 0 Å². The molecule has 1 N–H and O–H groups in total. The molecule has 3 aliphatic rings. The third kappa shape index (κ3) is 2.82. The first-order chi connectivity index (χ1) is 8.33. The molecule has 2 atom stereocenters. The van der Waals surface area contributed by atoms with Crippen LogP contribution in [0.4, 0.5) is 0 Å². The van der Waals surface area contributed by atoms with Crippen molar-refractivity contribution in [1.82, 2.24) is 10.2 Å². The summed E-state index contributed by atoms with van der Waals surface area (Å²) in [5, 5.41) is 3.97. The zero-order valence-electron chi connectivity index (χ0n) is 11.0. The molecule has 3 heteroatoms. The summed E-state index contributed by atoms with van der Waals surface area (Å²) in [4.78, 5) is 2.67. The van der Waals surface area contributed by atoms with Gasteiger partial charge in [-0.1, -0.05) is 6.42 Å². The molecule has 3 rings (SSSR count). The van der Waals surface area contributed by atoms with Crippen molar-refractivity contribution in [3.63, 3.8) is 0 Å². The second-order valence-corrected chi connectivity index (χ2v) is 7.35. The standard InChI is InChI=1S/C14H26N2S/c1-16-13-3-2-4-14(16)10-12(9-13)15-11-5-7-17-8-6-11/h11-15H,2-10H2,1H3. The van der Waals surface area contributed by atoms with Gasteiger partial charge in [0.25, 0.3) is 0 Å². The Labute approximate surface area is 110 Å². The van der Waals surface area contributed by atoms with E-state index in [1.807, 2.05) is 0 Å². The molecular weight excluding hydrogens is 228 g/mol. The molecule has 17 heavy (non-hydrogen) atoms. The summed E-state index contributed by atoms with van der Waals surface area (Å²) >= 11 is 2.13. The maximum atomic E-state index is 3.97. The Morgan fingerprint density at radius 2 is 1.59 bits per heavy atom. The van der Waals surface area contributed by atoms with Crippen molar-refractivity contribution in [2.24, 2.45) is 0 Å². The summed E-state index contributed by atoms with van der Waals surface area (Å²) < 4.78 is 0. The topological polar surface area (TPSA) is 15.3 Å². The largest absolute Gasteiger partial charge is 0.311 e. The Morgan fingerprint density at radius 3 is 2.24 bits per heavy atom. The molecule has 2 nitrogen and oxygen atoms in total. The van der Waals surface area contributed by atoms with Gasteiger partial charge in [0.1, 0.15) is 0 Å². The molecule has 2 unspecified atom stereocenters. The molecule has 0 spiro atoms. The molecule has 3 saturated heterocycles. The highest BCUT2D eigenvalue weighted by atomic mass is 32.2. The number of hydrogen-bond acceptors (Lipinski definition) is 3. The summed E-state index contributed by atoms with van der Waals surface area (Å²) in [6, 6.07) is 3.39. The van der Waals surface area contributed by atoms with Crippen molar-refractivity contribution in [3.8, 4) is 0 Å². The zero-order chi connectivity index (χ0) is 11.7. The zero-order valence-corrected chi connectivity index (χ0v) is 11.8. The van der Waals surface area contributed by atoms with Crippen LogP contribution in [-0.4, -0.2) is 47.6 Å². The Morgan fingerprint density at radius 1 is 0.941 bits per heavy atom. The number of nitrogens with one attached hydrogen (secondary N) is 1. The maximum Gasteiger partial charge on any atom is 0.0110 e. The Kier molecular flexibility index (Phi) is 3.98. The normalized spacial score (nSPS) is 40.4. The van der Waals surface area contributed by atoms with Crippen LogP contribution in [-0.2, 0) is 0 Å². The Balaban J connectivity index is 1.54. The van der Waals surface area contributed by atoms with Crippen molar-refractivity contribution >= 4 is 11.8 Å². The minimum Gasteiger partial charge on any atom is -0.311 e. The number of hydrogen-bond donors (Lipinski definition) is 1. The van der Waals surface area contributed by atoms with Gasteiger partial charge in [0.05, 0.1) is 0 Å². The SMILES string of the molecule is CN1C2CCCC1CC(NC1CCSCC1)C2. The highest BCUT2D eigenvalue weighted by Crippen LogP contribution is 2.33. The molecule has 0 radical (unpaired) electrons. The highest BCUT2D eigenvalue weighted by Gasteiger charge is 2.36. The van der Waals surface area contributed by atoms with Crippen molar-refractivity contribution in [2.75, 3.05) is 18.6 Å². The molecule has 3 heterocycles.